The van der Waals surface area contributed by atoms with Crippen molar-refractivity contribution in [1.29, 1.82) is 0 Å². The first-order chi connectivity index (χ1) is 12.5. The van der Waals surface area contributed by atoms with Gasteiger partial charge in [0.2, 0.25) is 0 Å². The van der Waals surface area contributed by atoms with E-state index in [0.717, 1.165) is 16.7 Å². The maximum Gasteiger partial charge on any atom is 0.293 e. The van der Waals surface area contributed by atoms with Crippen molar-refractivity contribution in [2.75, 3.05) is 13.7 Å². The standard InChI is InChI=1S/C19H15NO5S/c1-25-16-9-12(7-8-14(16)21)10-17-18(23)20(19(24)26-17)11-15(22)13-5-3-2-4-6-13/h2-10,21H,11H2,1H3. The third-order valence-corrected chi connectivity index (χ3v) is 4.68. The van der Waals surface area contributed by atoms with E-state index < -0.39 is 11.1 Å². The normalized spacial score (nSPS) is 15.6. The van der Waals surface area contributed by atoms with Crippen molar-refractivity contribution in [1.82, 2.24) is 4.90 Å². The molecule has 1 fully saturated rings. The van der Waals surface area contributed by atoms with E-state index in [0.29, 0.717) is 11.1 Å². The molecule has 2 aromatic carbocycles. The maximum atomic E-state index is 12.5. The quantitative estimate of drug-likeness (QED) is 0.643. The van der Waals surface area contributed by atoms with Gasteiger partial charge in [0.05, 0.1) is 18.6 Å². The lowest BCUT2D eigenvalue weighted by Gasteiger charge is -2.11. The number of Topliss-reactive ketones (excluding diaryl/α,β-unsaturated/α-hetero) is 1. The number of rotatable bonds is 5. The van der Waals surface area contributed by atoms with Crippen molar-refractivity contribution in [2.24, 2.45) is 0 Å². The fourth-order valence-electron chi connectivity index (χ4n) is 2.43. The van der Waals surface area contributed by atoms with Crippen LogP contribution >= 0.6 is 11.8 Å². The fraction of sp³-hybridized carbons (Fsp3) is 0.105. The van der Waals surface area contributed by atoms with Gasteiger partial charge in [-0.15, -0.1) is 0 Å². The molecule has 0 aliphatic carbocycles. The van der Waals surface area contributed by atoms with E-state index in [1.165, 1.54) is 19.3 Å². The molecule has 0 atom stereocenters. The largest absolute Gasteiger partial charge is 0.504 e. The monoisotopic (exact) mass is 369 g/mol. The van der Waals surface area contributed by atoms with Crippen LogP contribution in [0, 0.1) is 0 Å². The van der Waals surface area contributed by atoms with Crippen molar-refractivity contribution in [2.45, 2.75) is 0 Å². The van der Waals surface area contributed by atoms with Gasteiger partial charge in [0.15, 0.2) is 17.3 Å². The molecule has 132 valence electrons. The van der Waals surface area contributed by atoms with Crippen LogP contribution in [0.1, 0.15) is 15.9 Å². The van der Waals surface area contributed by atoms with E-state index in [1.54, 1.807) is 42.5 Å². The zero-order chi connectivity index (χ0) is 18.7. The Bertz CT molecular complexity index is 907. The smallest absolute Gasteiger partial charge is 0.293 e. The van der Waals surface area contributed by atoms with Gasteiger partial charge >= 0.3 is 0 Å². The summed E-state index contributed by atoms with van der Waals surface area (Å²) in [5, 5.41) is 9.13. The van der Waals surface area contributed by atoms with Crippen LogP contribution in [-0.2, 0) is 4.79 Å². The van der Waals surface area contributed by atoms with Crippen molar-refractivity contribution in [3.05, 3.63) is 64.6 Å². The predicted molar refractivity (Wildman–Crippen MR) is 98.1 cm³/mol. The van der Waals surface area contributed by atoms with Gasteiger partial charge in [0, 0.05) is 5.56 Å². The zero-order valence-electron chi connectivity index (χ0n) is 13.8. The number of methoxy groups -OCH3 is 1. The number of carbonyl (C=O) groups is 3. The van der Waals surface area contributed by atoms with E-state index in [-0.39, 0.29) is 28.7 Å². The van der Waals surface area contributed by atoms with Gasteiger partial charge in [-0.25, -0.2) is 0 Å². The van der Waals surface area contributed by atoms with Crippen molar-refractivity contribution in [3.63, 3.8) is 0 Å². The van der Waals surface area contributed by atoms with Gasteiger partial charge in [-0.3, -0.25) is 19.3 Å². The van der Waals surface area contributed by atoms with Gasteiger partial charge in [-0.2, -0.15) is 0 Å². The number of nitrogens with zero attached hydrogens (tertiary/aromatic N) is 1. The highest BCUT2D eigenvalue weighted by atomic mass is 32.2. The number of amides is 2. The van der Waals surface area contributed by atoms with Crippen LogP contribution < -0.4 is 4.74 Å². The topological polar surface area (TPSA) is 83.9 Å². The third-order valence-electron chi connectivity index (χ3n) is 3.77. The summed E-state index contributed by atoms with van der Waals surface area (Å²) in [7, 11) is 1.42. The van der Waals surface area contributed by atoms with E-state index in [2.05, 4.69) is 0 Å². The number of hydrogen-bond donors (Lipinski definition) is 1. The highest BCUT2D eigenvalue weighted by Crippen LogP contribution is 2.34. The molecule has 0 radical (unpaired) electrons. The number of carbonyl (C=O) groups excluding carboxylic acids is 3. The predicted octanol–water partition coefficient (Wildman–Crippen LogP) is 3.32. The first-order valence-corrected chi connectivity index (χ1v) is 8.52. The molecule has 1 aliphatic heterocycles. The average molecular weight is 369 g/mol. The minimum absolute atomic E-state index is 0.0220. The highest BCUT2D eigenvalue weighted by Gasteiger charge is 2.36. The second kappa shape index (κ2) is 7.45. The van der Waals surface area contributed by atoms with Crippen molar-refractivity contribution in [3.8, 4) is 11.5 Å². The Morgan fingerprint density at radius 1 is 1.19 bits per heavy atom. The van der Waals surface area contributed by atoms with Crippen LogP contribution in [0.2, 0.25) is 0 Å². The highest BCUT2D eigenvalue weighted by molar-refractivity contribution is 8.18. The van der Waals surface area contributed by atoms with Gasteiger partial charge < -0.3 is 9.84 Å². The molecule has 0 spiro atoms. The molecule has 7 heteroatoms. The SMILES string of the molecule is COc1cc(C=C2SC(=O)N(CC(=O)c3ccccc3)C2=O)ccc1O. The molecule has 1 heterocycles. The first kappa shape index (κ1) is 17.8. The molecule has 2 amide bonds. The Morgan fingerprint density at radius 2 is 1.92 bits per heavy atom. The second-order valence-corrected chi connectivity index (χ2v) is 6.48. The molecular weight excluding hydrogens is 354 g/mol. The molecule has 0 aromatic heterocycles. The minimum atomic E-state index is -0.517. The Hall–Kier alpha value is -3.06. The Morgan fingerprint density at radius 3 is 2.62 bits per heavy atom. The van der Waals surface area contributed by atoms with E-state index in [9.17, 15) is 19.5 Å². The van der Waals surface area contributed by atoms with Crippen LogP contribution in [-0.4, -0.2) is 40.6 Å². The number of hydrogen-bond acceptors (Lipinski definition) is 6. The molecule has 6 nitrogen and oxygen atoms in total. The minimum Gasteiger partial charge on any atom is -0.504 e. The summed E-state index contributed by atoms with van der Waals surface area (Å²) >= 11 is 0.774. The number of phenols is 1. The molecule has 0 saturated carbocycles. The summed E-state index contributed by atoms with van der Waals surface area (Å²) < 4.78 is 5.03. The number of ketones is 1. The fourth-order valence-corrected chi connectivity index (χ4v) is 3.27. The maximum absolute atomic E-state index is 12.5. The lowest BCUT2D eigenvalue weighted by molar-refractivity contribution is -0.122. The molecule has 1 saturated heterocycles. The number of benzene rings is 2. The van der Waals surface area contributed by atoms with Crippen LogP contribution in [0.4, 0.5) is 4.79 Å². The van der Waals surface area contributed by atoms with E-state index >= 15 is 0 Å². The van der Waals surface area contributed by atoms with Crippen LogP contribution in [0.3, 0.4) is 0 Å². The lowest BCUT2D eigenvalue weighted by Crippen LogP contribution is -2.33. The summed E-state index contributed by atoms with van der Waals surface area (Å²) in [4.78, 5) is 38.0. The summed E-state index contributed by atoms with van der Waals surface area (Å²) in [5.41, 5.74) is 1.04. The van der Waals surface area contributed by atoms with Gasteiger partial charge in [-0.05, 0) is 35.5 Å². The summed E-state index contributed by atoms with van der Waals surface area (Å²) in [6.07, 6.45) is 1.53. The van der Waals surface area contributed by atoms with Crippen LogP contribution in [0.5, 0.6) is 11.5 Å². The molecule has 0 bridgehead atoms. The number of ether oxygens (including phenoxy) is 1. The van der Waals surface area contributed by atoms with E-state index in [1.807, 2.05) is 0 Å². The van der Waals surface area contributed by atoms with Gasteiger partial charge in [0.1, 0.15) is 0 Å². The molecule has 2 aromatic rings. The number of aromatic hydroxyl groups is 1. The van der Waals surface area contributed by atoms with Crippen LogP contribution in [0.15, 0.2) is 53.4 Å². The molecule has 1 N–H and O–H groups in total. The zero-order valence-corrected chi connectivity index (χ0v) is 14.7. The summed E-state index contributed by atoms with van der Waals surface area (Å²) in [6.45, 7) is -0.301. The third kappa shape index (κ3) is 3.62. The number of imide groups is 1. The Labute approximate surface area is 154 Å². The Kier molecular flexibility index (Phi) is 5.09. The average Bonchev–Trinajstić information content (AvgIpc) is 2.91. The first-order valence-electron chi connectivity index (χ1n) is 7.70. The molecular formula is C19H15NO5S. The molecule has 0 unspecified atom stereocenters. The van der Waals surface area contributed by atoms with Gasteiger partial charge in [-0.1, -0.05) is 36.4 Å². The number of thioether (sulfide) groups is 1. The van der Waals surface area contributed by atoms with Gasteiger partial charge in [0.25, 0.3) is 11.1 Å². The lowest BCUT2D eigenvalue weighted by atomic mass is 10.1. The molecule has 1 aliphatic rings. The second-order valence-electron chi connectivity index (χ2n) is 5.49. The summed E-state index contributed by atoms with van der Waals surface area (Å²) in [5.74, 6) is -0.583. The van der Waals surface area contributed by atoms with Crippen LogP contribution in [0.25, 0.3) is 6.08 Å². The van der Waals surface area contributed by atoms with Crippen molar-refractivity contribution >= 4 is 34.8 Å². The summed E-state index contributed by atoms with van der Waals surface area (Å²) in [6, 6.07) is 13.1. The van der Waals surface area contributed by atoms with E-state index in [4.69, 9.17) is 4.74 Å². The Balaban J connectivity index is 1.79. The molecule has 26 heavy (non-hydrogen) atoms. The van der Waals surface area contributed by atoms with Crippen molar-refractivity contribution < 1.29 is 24.2 Å². The number of phenolic OH excluding ortho intramolecular Hbond substituents is 1. The molecule has 3 rings (SSSR count).